The van der Waals surface area contributed by atoms with Crippen LogP contribution in [0.1, 0.15) is 23.6 Å². The first kappa shape index (κ1) is 24.4. The molecule has 3 rings (SSSR count). The zero-order valence-corrected chi connectivity index (χ0v) is 19.9. The van der Waals surface area contributed by atoms with E-state index in [2.05, 4.69) is 15.8 Å². The number of nitrogens with one attached hydrogen (secondary N) is 2. The number of anilines is 1. The molecule has 0 aliphatic rings. The molecule has 6 nitrogen and oxygen atoms in total. The van der Waals surface area contributed by atoms with Crippen LogP contribution in [0.25, 0.3) is 0 Å². The lowest BCUT2D eigenvalue weighted by atomic mass is 10.2. The van der Waals surface area contributed by atoms with Crippen LogP contribution in [0.5, 0.6) is 11.5 Å². The van der Waals surface area contributed by atoms with Crippen LogP contribution in [-0.2, 0) is 11.4 Å². The van der Waals surface area contributed by atoms with E-state index in [1.807, 2.05) is 50.2 Å². The van der Waals surface area contributed by atoms with Crippen LogP contribution in [0.3, 0.4) is 0 Å². The van der Waals surface area contributed by atoms with E-state index < -0.39 is 0 Å². The van der Waals surface area contributed by atoms with Crippen LogP contribution in [0, 0.1) is 6.92 Å². The van der Waals surface area contributed by atoms with Gasteiger partial charge in [-0.25, -0.2) is 5.43 Å². The summed E-state index contributed by atoms with van der Waals surface area (Å²) in [5.74, 6) is 0.891. The molecule has 0 aliphatic heterocycles. The lowest BCUT2D eigenvalue weighted by Crippen LogP contribution is -2.25. The van der Waals surface area contributed by atoms with Gasteiger partial charge >= 0.3 is 0 Å². The second kappa shape index (κ2) is 12.1. The number of hydrogen-bond donors (Lipinski definition) is 2. The Hall–Kier alpha value is -3.22. The molecule has 3 aromatic rings. The summed E-state index contributed by atoms with van der Waals surface area (Å²) in [5.41, 5.74) is 6.10. The average Bonchev–Trinajstić information content (AvgIpc) is 2.79. The third-order valence-electron chi connectivity index (χ3n) is 4.57. The maximum atomic E-state index is 12.0. The van der Waals surface area contributed by atoms with Gasteiger partial charge in [0.15, 0.2) is 11.5 Å². The third-order valence-corrected chi connectivity index (χ3v) is 5.16. The van der Waals surface area contributed by atoms with Crippen LogP contribution in [-0.4, -0.2) is 25.3 Å². The van der Waals surface area contributed by atoms with Crippen molar-refractivity contribution in [2.45, 2.75) is 20.5 Å². The maximum absolute atomic E-state index is 12.0. The molecular weight excluding hydrogens is 461 g/mol. The smallest absolute Gasteiger partial charge is 0.259 e. The predicted molar refractivity (Wildman–Crippen MR) is 134 cm³/mol. The number of aryl methyl sites for hydroxylation is 1. The van der Waals surface area contributed by atoms with E-state index in [4.69, 9.17) is 32.7 Å². The van der Waals surface area contributed by atoms with Gasteiger partial charge < -0.3 is 14.8 Å². The lowest BCUT2D eigenvalue weighted by Gasteiger charge is -2.13. The third kappa shape index (κ3) is 7.70. The molecule has 33 heavy (non-hydrogen) atoms. The van der Waals surface area contributed by atoms with E-state index >= 15 is 0 Å². The summed E-state index contributed by atoms with van der Waals surface area (Å²) < 4.78 is 11.6. The topological polar surface area (TPSA) is 72.0 Å². The second-order valence-electron chi connectivity index (χ2n) is 7.18. The SMILES string of the molecule is CCOc1cc(/C=N\NC(=O)CNc2ccc(C)cc2)ccc1OCc1ccc(Cl)cc1Cl. The number of amides is 1. The second-order valence-corrected chi connectivity index (χ2v) is 8.02. The first-order valence-corrected chi connectivity index (χ1v) is 11.2. The molecule has 0 saturated carbocycles. The van der Waals surface area contributed by atoms with Crippen molar-refractivity contribution in [2.24, 2.45) is 5.10 Å². The van der Waals surface area contributed by atoms with Crippen LogP contribution < -0.4 is 20.2 Å². The number of carbonyl (C=O) groups is 1. The van der Waals surface area contributed by atoms with Crippen molar-refractivity contribution in [3.8, 4) is 11.5 Å². The highest BCUT2D eigenvalue weighted by atomic mass is 35.5. The van der Waals surface area contributed by atoms with Crippen LogP contribution in [0.15, 0.2) is 65.8 Å². The van der Waals surface area contributed by atoms with E-state index in [0.717, 1.165) is 22.4 Å². The van der Waals surface area contributed by atoms with Crippen molar-refractivity contribution < 1.29 is 14.3 Å². The van der Waals surface area contributed by atoms with Gasteiger partial charge in [-0.15, -0.1) is 0 Å². The summed E-state index contributed by atoms with van der Waals surface area (Å²) in [6, 6.07) is 18.5. The molecule has 2 N–H and O–H groups in total. The monoisotopic (exact) mass is 485 g/mol. The van der Waals surface area contributed by atoms with Gasteiger partial charge in [0, 0.05) is 21.3 Å². The molecule has 0 fully saturated rings. The van der Waals surface area contributed by atoms with Gasteiger partial charge in [0.1, 0.15) is 6.61 Å². The molecule has 0 atom stereocenters. The number of benzene rings is 3. The Kier molecular flexibility index (Phi) is 8.98. The molecule has 1 amide bonds. The molecule has 8 heteroatoms. The van der Waals surface area contributed by atoms with E-state index in [1.54, 1.807) is 30.5 Å². The average molecular weight is 486 g/mol. The standard InChI is InChI=1S/C25H25Cl2N3O3/c1-3-32-24-12-18(6-11-23(24)33-16-19-7-8-20(26)13-22(19)27)14-29-30-25(31)15-28-21-9-4-17(2)5-10-21/h4-14,28H,3,15-16H2,1-2H3,(H,30,31)/b29-14-. The summed E-state index contributed by atoms with van der Waals surface area (Å²) in [7, 11) is 0. The molecule has 3 aromatic carbocycles. The number of nitrogens with zero attached hydrogens (tertiary/aromatic N) is 1. The minimum atomic E-state index is -0.253. The Bertz CT molecular complexity index is 1120. The number of rotatable bonds is 10. The van der Waals surface area contributed by atoms with Gasteiger partial charge in [-0.05, 0) is 61.9 Å². The van der Waals surface area contributed by atoms with Gasteiger partial charge in [0.2, 0.25) is 0 Å². The zero-order valence-electron chi connectivity index (χ0n) is 18.4. The molecule has 0 spiro atoms. The minimum absolute atomic E-state index is 0.116. The van der Waals surface area contributed by atoms with Crippen molar-refractivity contribution in [1.82, 2.24) is 5.43 Å². The van der Waals surface area contributed by atoms with E-state index in [0.29, 0.717) is 28.2 Å². The fourth-order valence-corrected chi connectivity index (χ4v) is 3.32. The first-order valence-electron chi connectivity index (χ1n) is 10.4. The van der Waals surface area contributed by atoms with Crippen molar-refractivity contribution in [2.75, 3.05) is 18.5 Å². The van der Waals surface area contributed by atoms with Crippen LogP contribution >= 0.6 is 23.2 Å². The van der Waals surface area contributed by atoms with Crippen molar-refractivity contribution in [3.05, 3.63) is 87.4 Å². The maximum Gasteiger partial charge on any atom is 0.259 e. The Balaban J connectivity index is 1.56. The van der Waals surface area contributed by atoms with Gasteiger partial charge in [-0.2, -0.15) is 5.10 Å². The lowest BCUT2D eigenvalue weighted by molar-refractivity contribution is -0.119. The van der Waals surface area contributed by atoms with Gasteiger partial charge in [-0.1, -0.05) is 47.0 Å². The fourth-order valence-electron chi connectivity index (χ4n) is 2.86. The quantitative estimate of drug-likeness (QED) is 0.279. The molecule has 0 heterocycles. The predicted octanol–water partition coefficient (Wildman–Crippen LogP) is 5.84. The van der Waals surface area contributed by atoms with E-state index in [9.17, 15) is 4.79 Å². The summed E-state index contributed by atoms with van der Waals surface area (Å²) in [4.78, 5) is 12.0. The molecular formula is C25H25Cl2N3O3. The first-order chi connectivity index (χ1) is 15.9. The highest BCUT2D eigenvalue weighted by Crippen LogP contribution is 2.30. The van der Waals surface area contributed by atoms with Crippen LogP contribution in [0.4, 0.5) is 5.69 Å². The van der Waals surface area contributed by atoms with Crippen LogP contribution in [0.2, 0.25) is 10.0 Å². The highest BCUT2D eigenvalue weighted by molar-refractivity contribution is 6.35. The Morgan fingerprint density at radius 3 is 2.52 bits per heavy atom. The molecule has 0 bridgehead atoms. The molecule has 0 unspecified atom stereocenters. The number of carbonyl (C=O) groups excluding carboxylic acids is 1. The van der Waals surface area contributed by atoms with Crippen molar-refractivity contribution >= 4 is 41.0 Å². The highest BCUT2D eigenvalue weighted by Gasteiger charge is 2.09. The van der Waals surface area contributed by atoms with Gasteiger partial charge in [-0.3, -0.25) is 4.79 Å². The van der Waals surface area contributed by atoms with E-state index in [1.165, 1.54) is 0 Å². The Labute approximate surface area is 203 Å². The summed E-state index contributed by atoms with van der Waals surface area (Å²) >= 11 is 12.2. The Morgan fingerprint density at radius 2 is 1.79 bits per heavy atom. The van der Waals surface area contributed by atoms with Crippen molar-refractivity contribution in [3.63, 3.8) is 0 Å². The van der Waals surface area contributed by atoms with Gasteiger partial charge in [0.05, 0.1) is 19.4 Å². The summed E-state index contributed by atoms with van der Waals surface area (Å²) in [5, 5.41) is 8.18. The van der Waals surface area contributed by atoms with Gasteiger partial charge in [0.25, 0.3) is 5.91 Å². The van der Waals surface area contributed by atoms with E-state index in [-0.39, 0.29) is 19.1 Å². The van der Waals surface area contributed by atoms with Crippen molar-refractivity contribution in [1.29, 1.82) is 0 Å². The normalized spacial score (nSPS) is 10.8. The molecule has 0 aliphatic carbocycles. The number of ether oxygens (including phenoxy) is 2. The number of halogens is 2. The number of hydrogen-bond acceptors (Lipinski definition) is 5. The Morgan fingerprint density at radius 1 is 1.00 bits per heavy atom. The summed E-state index contributed by atoms with van der Waals surface area (Å²) in [6.07, 6.45) is 1.55. The molecule has 0 radical (unpaired) electrons. The minimum Gasteiger partial charge on any atom is -0.490 e. The largest absolute Gasteiger partial charge is 0.490 e. The molecule has 0 aromatic heterocycles. The fraction of sp³-hybridized carbons (Fsp3) is 0.200. The summed E-state index contributed by atoms with van der Waals surface area (Å²) in [6.45, 7) is 4.76. The number of hydrazone groups is 1. The molecule has 0 saturated heterocycles. The molecule has 172 valence electrons. The zero-order chi connectivity index (χ0) is 23.6.